The summed E-state index contributed by atoms with van der Waals surface area (Å²) in [5.41, 5.74) is 4.62. The van der Waals surface area contributed by atoms with Crippen molar-refractivity contribution in [3.05, 3.63) is 107 Å². The van der Waals surface area contributed by atoms with Gasteiger partial charge in [-0.25, -0.2) is 0 Å². The summed E-state index contributed by atoms with van der Waals surface area (Å²) < 4.78 is 11.9. The molecule has 0 aliphatic heterocycles. The number of hydrogen-bond acceptors (Lipinski definition) is 4. The third-order valence-corrected chi connectivity index (χ3v) is 11.5. The Morgan fingerprint density at radius 1 is 0.742 bits per heavy atom. The Kier molecular flexibility index (Phi) is 5.70. The summed E-state index contributed by atoms with van der Waals surface area (Å²) in [6.45, 7) is 10.7. The molecule has 0 N–H and O–H groups in total. The first kappa shape index (κ1) is 21.3. The predicted molar refractivity (Wildman–Crippen MR) is 118 cm³/mol. The summed E-state index contributed by atoms with van der Waals surface area (Å²) >= 11 is -4.39. The van der Waals surface area contributed by atoms with Crippen molar-refractivity contribution >= 4 is 24.1 Å². The molecule has 0 amide bonds. The molecule has 0 saturated carbocycles. The number of hydrogen-bond donors (Lipinski definition) is 0. The van der Waals surface area contributed by atoms with Crippen LogP contribution < -0.4 is 0 Å². The number of fused-ring (bicyclic) bond motifs is 2. The second-order valence-electron chi connectivity index (χ2n) is 7.99. The van der Waals surface area contributed by atoms with Crippen molar-refractivity contribution in [1.82, 2.24) is 0 Å². The van der Waals surface area contributed by atoms with E-state index >= 15 is 0 Å². The van der Waals surface area contributed by atoms with E-state index in [2.05, 4.69) is 13.2 Å². The molecule has 0 bridgehead atoms. The van der Waals surface area contributed by atoms with Gasteiger partial charge in [-0.05, 0) is 0 Å². The summed E-state index contributed by atoms with van der Waals surface area (Å²) in [5.74, 6) is -1.07. The third kappa shape index (κ3) is 3.78. The van der Waals surface area contributed by atoms with Crippen molar-refractivity contribution in [3.63, 3.8) is 0 Å². The van der Waals surface area contributed by atoms with Gasteiger partial charge in [0.2, 0.25) is 0 Å². The zero-order valence-corrected chi connectivity index (χ0v) is 19.2. The summed E-state index contributed by atoms with van der Waals surface area (Å²) in [6, 6.07) is 15.9. The minimum absolute atomic E-state index is 0.270. The fourth-order valence-corrected chi connectivity index (χ4v) is 10.4. The number of allylic oxidation sites excluding steroid dienone is 2. The fraction of sp³-hybridized carbons (Fsp3) is 0.154. The molecule has 2 aliphatic rings. The molecule has 0 heterocycles. The average molecular weight is 448 g/mol. The fourth-order valence-electron chi connectivity index (χ4n) is 4.13. The first-order chi connectivity index (χ1) is 14.8. The second-order valence-corrected chi connectivity index (χ2v) is 12.8. The van der Waals surface area contributed by atoms with E-state index in [1.54, 1.807) is 13.8 Å². The molecule has 4 nitrogen and oxygen atoms in total. The number of rotatable bonds is 6. The predicted octanol–water partition coefficient (Wildman–Crippen LogP) is 5.75. The van der Waals surface area contributed by atoms with E-state index in [-0.39, 0.29) is 19.6 Å². The third-order valence-electron chi connectivity index (χ3n) is 5.67. The average Bonchev–Trinajstić information content (AvgIpc) is 3.38. The van der Waals surface area contributed by atoms with Gasteiger partial charge in [-0.1, -0.05) is 0 Å². The van der Waals surface area contributed by atoms with Crippen molar-refractivity contribution in [2.75, 3.05) is 0 Å². The monoisotopic (exact) mass is 448 g/mol. The molecule has 0 aromatic heterocycles. The second kappa shape index (κ2) is 8.29. The van der Waals surface area contributed by atoms with Crippen LogP contribution >= 0.6 is 0 Å². The van der Waals surface area contributed by atoms with E-state index in [0.29, 0.717) is 0 Å². The molecule has 2 aromatic rings. The molecular weight excluding hydrogens is 424 g/mol. The maximum absolute atomic E-state index is 12.9. The van der Waals surface area contributed by atoms with Gasteiger partial charge in [0.15, 0.2) is 0 Å². The Bertz CT molecular complexity index is 1070. The van der Waals surface area contributed by atoms with Crippen LogP contribution in [-0.4, -0.2) is 11.9 Å². The SMILES string of the molecule is C=C(C)C(=O)[O][Ti]([O]C(=O)C(=C)C)([CH]1C=Cc2ccccc21)[CH]1C=Cc2ccccc21. The Morgan fingerprint density at radius 3 is 1.52 bits per heavy atom. The summed E-state index contributed by atoms with van der Waals surface area (Å²) in [5, 5.41) is 0. The maximum atomic E-state index is 12.9. The topological polar surface area (TPSA) is 52.6 Å². The van der Waals surface area contributed by atoms with E-state index < -0.39 is 29.3 Å². The van der Waals surface area contributed by atoms with Crippen molar-refractivity contribution in [3.8, 4) is 0 Å². The Hall–Kier alpha value is -2.95. The van der Waals surface area contributed by atoms with Crippen LogP contribution in [0.3, 0.4) is 0 Å². The first-order valence-corrected chi connectivity index (χ1v) is 13.2. The molecule has 2 atom stereocenters. The van der Waals surface area contributed by atoms with E-state index in [4.69, 9.17) is 6.64 Å². The van der Waals surface area contributed by atoms with Crippen molar-refractivity contribution in [2.45, 2.75) is 22.3 Å². The van der Waals surface area contributed by atoms with Crippen LogP contribution in [0.2, 0.25) is 0 Å². The van der Waals surface area contributed by atoms with Gasteiger partial charge in [-0.3, -0.25) is 0 Å². The summed E-state index contributed by atoms with van der Waals surface area (Å²) in [4.78, 5) is 25.8. The van der Waals surface area contributed by atoms with Crippen molar-refractivity contribution in [2.24, 2.45) is 0 Å². The van der Waals surface area contributed by atoms with Crippen LogP contribution in [-0.2, 0) is 33.6 Å². The molecule has 2 aliphatic carbocycles. The minimum atomic E-state index is -4.39. The normalized spacial score (nSPS) is 18.3. The van der Waals surface area contributed by atoms with Gasteiger partial charge in [0.05, 0.1) is 0 Å². The molecule has 4 rings (SSSR count). The summed E-state index contributed by atoms with van der Waals surface area (Å²) in [6.07, 6.45) is 8.04. The van der Waals surface area contributed by atoms with Crippen LogP contribution in [0, 0.1) is 0 Å². The van der Waals surface area contributed by atoms with E-state index in [0.717, 1.165) is 22.3 Å². The molecule has 2 aromatic carbocycles. The molecule has 156 valence electrons. The molecule has 0 radical (unpaired) electrons. The van der Waals surface area contributed by atoms with Crippen LogP contribution in [0.15, 0.2) is 85.0 Å². The Labute approximate surface area is 186 Å². The molecule has 31 heavy (non-hydrogen) atoms. The summed E-state index contributed by atoms with van der Waals surface area (Å²) in [7, 11) is 0. The molecular formula is C26H24O4Ti. The Morgan fingerprint density at radius 2 is 1.13 bits per heavy atom. The van der Waals surface area contributed by atoms with Crippen molar-refractivity contribution < 1.29 is 33.6 Å². The molecule has 2 unspecified atom stereocenters. The standard InChI is InChI=1S/2C9H7.2C4H6O2.Ti/c2*1-2-5-9-7-3-6-8(9)4-1;2*1-3(2)4(5)6;/h2*1-7H;2*1H2,2H3,(H,5,6);/q;;;;+2/p-2. The van der Waals surface area contributed by atoms with Gasteiger partial charge in [-0.2, -0.15) is 0 Å². The van der Waals surface area contributed by atoms with Crippen LogP contribution in [0.1, 0.15) is 44.5 Å². The zero-order chi connectivity index (χ0) is 22.2. The van der Waals surface area contributed by atoms with Gasteiger partial charge in [-0.15, -0.1) is 0 Å². The number of carbonyl (C=O) groups excluding carboxylic acids is 2. The number of benzene rings is 2. The van der Waals surface area contributed by atoms with Gasteiger partial charge < -0.3 is 0 Å². The van der Waals surface area contributed by atoms with Crippen molar-refractivity contribution in [1.29, 1.82) is 0 Å². The van der Waals surface area contributed by atoms with Gasteiger partial charge >= 0.3 is 187 Å². The van der Waals surface area contributed by atoms with Gasteiger partial charge in [0.25, 0.3) is 0 Å². The van der Waals surface area contributed by atoms with E-state index in [9.17, 15) is 9.59 Å². The molecule has 0 saturated heterocycles. The van der Waals surface area contributed by atoms with Gasteiger partial charge in [0, 0.05) is 0 Å². The van der Waals surface area contributed by atoms with Crippen LogP contribution in [0.5, 0.6) is 0 Å². The van der Waals surface area contributed by atoms with Gasteiger partial charge in [0.1, 0.15) is 0 Å². The van der Waals surface area contributed by atoms with E-state index in [1.165, 1.54) is 0 Å². The van der Waals surface area contributed by atoms with E-state index in [1.807, 2.05) is 72.8 Å². The first-order valence-electron chi connectivity index (χ1n) is 10.2. The molecule has 0 fully saturated rings. The Balaban J connectivity index is 1.93. The van der Waals surface area contributed by atoms with Crippen LogP contribution in [0.4, 0.5) is 0 Å². The quantitative estimate of drug-likeness (QED) is 0.418. The molecule has 0 spiro atoms. The van der Waals surface area contributed by atoms with Crippen LogP contribution in [0.25, 0.3) is 12.2 Å². The number of carbonyl (C=O) groups is 2. The zero-order valence-electron chi connectivity index (χ0n) is 17.6. The molecule has 5 heteroatoms.